The molecule has 4 rings (SSSR count). The number of carbonyl (C=O) groups excluding carboxylic acids is 2. The third-order valence-electron chi connectivity index (χ3n) is 8.70. The van der Waals surface area contributed by atoms with Crippen LogP contribution in [0.3, 0.4) is 0 Å². The van der Waals surface area contributed by atoms with Crippen LogP contribution >= 0.6 is 0 Å². The van der Waals surface area contributed by atoms with Crippen molar-refractivity contribution in [2.24, 2.45) is 0 Å². The Balaban J connectivity index is 1.48. The van der Waals surface area contributed by atoms with E-state index in [1.807, 2.05) is 36.4 Å². The molecule has 2 aromatic carbocycles. The molecule has 0 radical (unpaired) electrons. The molecule has 1 saturated heterocycles. The van der Waals surface area contributed by atoms with E-state index in [0.717, 1.165) is 42.1 Å². The van der Waals surface area contributed by atoms with Crippen LogP contribution in [0, 0.1) is 10.1 Å². The number of amides is 1. The van der Waals surface area contributed by atoms with E-state index in [1.54, 1.807) is 21.1 Å². The number of benzene rings is 2. The van der Waals surface area contributed by atoms with E-state index in [4.69, 9.17) is 28.4 Å². The van der Waals surface area contributed by atoms with E-state index in [-0.39, 0.29) is 45.3 Å². The summed E-state index contributed by atoms with van der Waals surface area (Å²) in [7, 11) is 3.31. The molecule has 2 aliphatic rings. The van der Waals surface area contributed by atoms with Gasteiger partial charge in [0.2, 0.25) is 0 Å². The van der Waals surface area contributed by atoms with Crippen LogP contribution in [0.1, 0.15) is 62.5 Å². The summed E-state index contributed by atoms with van der Waals surface area (Å²) in [6.07, 6.45) is 2.60. The fourth-order valence-corrected chi connectivity index (χ4v) is 6.18. The summed E-state index contributed by atoms with van der Waals surface area (Å²) in [5, 5.41) is 9.50. The second-order valence-electron chi connectivity index (χ2n) is 12.0. The molecule has 270 valence electrons. The van der Waals surface area contributed by atoms with Gasteiger partial charge in [0.15, 0.2) is 0 Å². The SMILES string of the molecule is CCOC(=O)C1CC(c2ccc(OC)cc2)C(OCc2ccc3c(c2)N(CCCOC)CCO3)CN1C(=O)OCCCCCCO[N+](=O)[O-]. The Bertz CT molecular complexity index is 1340. The van der Waals surface area contributed by atoms with Gasteiger partial charge in [-0.1, -0.05) is 24.6 Å². The minimum absolute atomic E-state index is 0.0322. The van der Waals surface area contributed by atoms with Crippen LogP contribution in [-0.4, -0.2) is 101 Å². The number of esters is 1. The maximum absolute atomic E-state index is 13.5. The minimum Gasteiger partial charge on any atom is -0.497 e. The zero-order valence-corrected chi connectivity index (χ0v) is 28.7. The highest BCUT2D eigenvalue weighted by atomic mass is 16.9. The van der Waals surface area contributed by atoms with Crippen molar-refractivity contribution < 1.29 is 47.9 Å². The third kappa shape index (κ3) is 11.1. The van der Waals surface area contributed by atoms with Gasteiger partial charge in [-0.05, 0) is 74.4 Å². The van der Waals surface area contributed by atoms with Gasteiger partial charge in [-0.15, -0.1) is 10.1 Å². The lowest BCUT2D eigenvalue weighted by atomic mass is 9.83. The Morgan fingerprint density at radius 1 is 0.980 bits per heavy atom. The Morgan fingerprint density at radius 3 is 2.47 bits per heavy atom. The van der Waals surface area contributed by atoms with Crippen LogP contribution in [0.25, 0.3) is 0 Å². The zero-order chi connectivity index (χ0) is 35.0. The van der Waals surface area contributed by atoms with Crippen molar-refractivity contribution in [3.05, 3.63) is 63.7 Å². The minimum atomic E-state index is -0.861. The first-order chi connectivity index (χ1) is 23.8. The summed E-state index contributed by atoms with van der Waals surface area (Å²) in [5.41, 5.74) is 2.92. The Kier molecular flexibility index (Phi) is 15.0. The lowest BCUT2D eigenvalue weighted by Crippen LogP contribution is -2.56. The van der Waals surface area contributed by atoms with Gasteiger partial charge in [0.1, 0.15) is 24.1 Å². The van der Waals surface area contributed by atoms with Gasteiger partial charge in [-0.2, -0.15) is 0 Å². The molecule has 2 heterocycles. The van der Waals surface area contributed by atoms with Gasteiger partial charge in [-0.25, -0.2) is 9.59 Å². The van der Waals surface area contributed by atoms with Gasteiger partial charge >= 0.3 is 12.1 Å². The first-order valence-electron chi connectivity index (χ1n) is 17.0. The number of methoxy groups -OCH3 is 2. The fraction of sp³-hybridized carbons (Fsp3) is 0.600. The monoisotopic (exact) mass is 687 g/mol. The Hall–Kier alpha value is -4.30. The van der Waals surface area contributed by atoms with Crippen molar-refractivity contribution in [1.29, 1.82) is 0 Å². The molecule has 0 saturated carbocycles. The number of hydrogen-bond donors (Lipinski definition) is 0. The number of carbonyl (C=O) groups is 2. The lowest BCUT2D eigenvalue weighted by molar-refractivity contribution is -0.757. The predicted molar refractivity (Wildman–Crippen MR) is 179 cm³/mol. The van der Waals surface area contributed by atoms with Crippen molar-refractivity contribution in [2.75, 3.05) is 71.8 Å². The fourth-order valence-electron chi connectivity index (χ4n) is 6.18. The van der Waals surface area contributed by atoms with Crippen LogP contribution in [0.2, 0.25) is 0 Å². The first-order valence-corrected chi connectivity index (χ1v) is 17.0. The van der Waals surface area contributed by atoms with Crippen LogP contribution < -0.4 is 14.4 Å². The molecule has 14 nitrogen and oxygen atoms in total. The molecule has 14 heteroatoms. The number of unbranched alkanes of at least 4 members (excludes halogenated alkanes) is 3. The predicted octanol–water partition coefficient (Wildman–Crippen LogP) is 5.14. The number of ether oxygens (including phenoxy) is 6. The summed E-state index contributed by atoms with van der Waals surface area (Å²) < 4.78 is 34.2. The quantitative estimate of drug-likeness (QED) is 0.0833. The van der Waals surface area contributed by atoms with E-state index < -0.39 is 29.3 Å². The molecule has 3 atom stereocenters. The van der Waals surface area contributed by atoms with Crippen LogP contribution in [-0.2, 0) is 35.2 Å². The molecule has 2 aliphatic heterocycles. The maximum atomic E-state index is 13.5. The molecule has 0 aliphatic carbocycles. The molecule has 0 bridgehead atoms. The van der Waals surface area contributed by atoms with Crippen molar-refractivity contribution >= 4 is 17.7 Å². The van der Waals surface area contributed by atoms with Gasteiger partial charge < -0.3 is 38.2 Å². The third-order valence-corrected chi connectivity index (χ3v) is 8.70. The van der Waals surface area contributed by atoms with E-state index in [1.165, 1.54) is 4.90 Å². The molecule has 0 spiro atoms. The van der Waals surface area contributed by atoms with Crippen molar-refractivity contribution in [1.82, 2.24) is 4.90 Å². The summed E-state index contributed by atoms with van der Waals surface area (Å²) in [5.74, 6) is 0.820. The molecule has 49 heavy (non-hydrogen) atoms. The summed E-state index contributed by atoms with van der Waals surface area (Å²) in [6.45, 7) is 5.41. The average Bonchev–Trinajstić information content (AvgIpc) is 3.11. The molecule has 0 N–H and O–H groups in total. The molecule has 1 fully saturated rings. The zero-order valence-electron chi connectivity index (χ0n) is 28.7. The van der Waals surface area contributed by atoms with Crippen molar-refractivity contribution in [2.45, 2.75) is 70.1 Å². The number of rotatable bonds is 19. The van der Waals surface area contributed by atoms with Crippen molar-refractivity contribution in [3.8, 4) is 11.5 Å². The second-order valence-corrected chi connectivity index (χ2v) is 12.0. The van der Waals surface area contributed by atoms with Crippen LogP contribution in [0.5, 0.6) is 11.5 Å². The van der Waals surface area contributed by atoms with Gasteiger partial charge in [0.05, 0.1) is 58.4 Å². The highest BCUT2D eigenvalue weighted by Crippen LogP contribution is 2.37. The second kappa shape index (κ2) is 19.6. The normalized spacial score (nSPS) is 18.6. The highest BCUT2D eigenvalue weighted by molar-refractivity contribution is 5.82. The standard InChI is InChI=1S/C35H49N3O11/c1-4-45-34(39)31-23-29(27-11-13-28(44-3)14-12-27)33(24-37(31)35(40)47-19-7-5-6-8-20-49-38(41)42)48-25-26-10-15-32-30(22-26)36(17-21-46-32)16-9-18-43-2/h10-15,22,29,31,33H,4-9,16-21,23-25H2,1-3H3. The Morgan fingerprint density at radius 2 is 1.76 bits per heavy atom. The summed E-state index contributed by atoms with van der Waals surface area (Å²) >= 11 is 0. The van der Waals surface area contributed by atoms with Gasteiger partial charge in [0, 0.05) is 26.2 Å². The Labute approximate surface area is 287 Å². The molecule has 1 amide bonds. The molecular weight excluding hydrogens is 638 g/mol. The maximum Gasteiger partial charge on any atom is 0.410 e. The smallest absolute Gasteiger partial charge is 0.410 e. The lowest BCUT2D eigenvalue weighted by Gasteiger charge is -2.42. The van der Waals surface area contributed by atoms with E-state index >= 15 is 0 Å². The largest absolute Gasteiger partial charge is 0.497 e. The number of nitrogens with zero attached hydrogens (tertiary/aromatic N) is 3. The number of piperidine rings is 1. The number of fused-ring (bicyclic) bond motifs is 1. The average molecular weight is 688 g/mol. The van der Waals surface area contributed by atoms with E-state index in [9.17, 15) is 19.7 Å². The van der Waals surface area contributed by atoms with Gasteiger partial charge in [-0.3, -0.25) is 4.90 Å². The van der Waals surface area contributed by atoms with Crippen LogP contribution in [0.15, 0.2) is 42.5 Å². The van der Waals surface area contributed by atoms with Crippen LogP contribution in [0.4, 0.5) is 10.5 Å². The molecule has 3 unspecified atom stereocenters. The highest BCUT2D eigenvalue weighted by Gasteiger charge is 2.44. The number of likely N-dealkylation sites (tertiary alicyclic amines) is 1. The van der Waals surface area contributed by atoms with Crippen molar-refractivity contribution in [3.63, 3.8) is 0 Å². The van der Waals surface area contributed by atoms with E-state index in [2.05, 4.69) is 15.8 Å². The number of hydrogen-bond acceptors (Lipinski definition) is 12. The topological polar surface area (TPSA) is 148 Å². The number of anilines is 1. The van der Waals surface area contributed by atoms with E-state index in [0.29, 0.717) is 44.6 Å². The van der Waals surface area contributed by atoms with Gasteiger partial charge in [0.25, 0.3) is 5.09 Å². The summed E-state index contributed by atoms with van der Waals surface area (Å²) in [4.78, 5) is 45.1. The molecule has 2 aromatic rings. The molecule has 0 aromatic heterocycles. The molecular formula is C35H49N3O11. The summed E-state index contributed by atoms with van der Waals surface area (Å²) in [6, 6.07) is 12.8. The first kappa shape index (κ1) is 37.5.